The maximum absolute atomic E-state index is 11.7. The van der Waals surface area contributed by atoms with Crippen LogP contribution in [-0.2, 0) is 4.74 Å². The maximum atomic E-state index is 11.7. The lowest BCUT2D eigenvalue weighted by Crippen LogP contribution is -2.13. The predicted octanol–water partition coefficient (Wildman–Crippen LogP) is 3.05. The Morgan fingerprint density at radius 3 is 2.81 bits per heavy atom. The molecular formula is C12H13NO2S. The van der Waals surface area contributed by atoms with Crippen molar-refractivity contribution < 1.29 is 9.53 Å². The lowest BCUT2D eigenvalue weighted by Gasteiger charge is -2.09. The van der Waals surface area contributed by atoms with Gasteiger partial charge in [-0.15, -0.1) is 11.3 Å². The quantitative estimate of drug-likeness (QED) is 0.643. The summed E-state index contributed by atoms with van der Waals surface area (Å²) in [7, 11) is 0. The summed E-state index contributed by atoms with van der Waals surface area (Å²) in [5.41, 5.74) is 6.91. The summed E-state index contributed by atoms with van der Waals surface area (Å²) in [4.78, 5) is 11.7. The first-order valence-electron chi connectivity index (χ1n) is 5.06. The minimum Gasteiger partial charge on any atom is -0.459 e. The van der Waals surface area contributed by atoms with Crippen LogP contribution < -0.4 is 5.73 Å². The van der Waals surface area contributed by atoms with Crippen molar-refractivity contribution in [1.82, 2.24) is 0 Å². The molecule has 1 aromatic carbocycles. The number of anilines is 1. The highest BCUT2D eigenvalue weighted by Crippen LogP contribution is 2.30. The fourth-order valence-corrected chi connectivity index (χ4v) is 2.37. The molecule has 3 nitrogen and oxygen atoms in total. The predicted molar refractivity (Wildman–Crippen MR) is 66.8 cm³/mol. The van der Waals surface area contributed by atoms with Gasteiger partial charge in [0.15, 0.2) is 0 Å². The number of carbonyl (C=O) groups excluding carboxylic acids is 1. The summed E-state index contributed by atoms with van der Waals surface area (Å²) in [6, 6.07) is 5.59. The highest BCUT2D eigenvalue weighted by molar-refractivity contribution is 7.17. The molecule has 0 aliphatic carbocycles. The molecule has 2 N–H and O–H groups in total. The largest absolute Gasteiger partial charge is 0.459 e. The number of carbonyl (C=O) groups is 1. The van der Waals surface area contributed by atoms with Gasteiger partial charge in [0.2, 0.25) is 0 Å². The number of hydrogen-bond acceptors (Lipinski definition) is 4. The van der Waals surface area contributed by atoms with Crippen LogP contribution in [0.2, 0.25) is 0 Å². The molecule has 0 aliphatic rings. The minimum atomic E-state index is -0.359. The number of benzene rings is 1. The topological polar surface area (TPSA) is 52.3 Å². The van der Waals surface area contributed by atoms with E-state index < -0.39 is 0 Å². The summed E-state index contributed by atoms with van der Waals surface area (Å²) in [6.45, 7) is 3.63. The maximum Gasteiger partial charge on any atom is 0.340 e. The van der Waals surface area contributed by atoms with Gasteiger partial charge in [0, 0.05) is 0 Å². The van der Waals surface area contributed by atoms with Crippen molar-refractivity contribution in [3.63, 3.8) is 0 Å². The Morgan fingerprint density at radius 1 is 1.38 bits per heavy atom. The van der Waals surface area contributed by atoms with E-state index in [0.29, 0.717) is 11.3 Å². The van der Waals surface area contributed by atoms with E-state index in [9.17, 15) is 4.79 Å². The molecule has 0 bridgehead atoms. The second kappa shape index (κ2) is 4.14. The van der Waals surface area contributed by atoms with Gasteiger partial charge in [-0.1, -0.05) is 6.07 Å². The van der Waals surface area contributed by atoms with Crippen molar-refractivity contribution in [2.24, 2.45) is 0 Å². The molecule has 0 fully saturated rings. The van der Waals surface area contributed by atoms with Gasteiger partial charge in [-0.05, 0) is 36.7 Å². The highest BCUT2D eigenvalue weighted by Gasteiger charge is 2.15. The average molecular weight is 235 g/mol. The zero-order chi connectivity index (χ0) is 11.7. The van der Waals surface area contributed by atoms with E-state index in [-0.39, 0.29) is 12.1 Å². The second-order valence-corrected chi connectivity index (χ2v) is 4.74. The molecule has 0 amide bonds. The van der Waals surface area contributed by atoms with Crippen molar-refractivity contribution >= 4 is 33.1 Å². The Morgan fingerprint density at radius 2 is 2.12 bits per heavy atom. The zero-order valence-corrected chi connectivity index (χ0v) is 10.0. The molecule has 0 atom stereocenters. The second-order valence-electron chi connectivity index (χ2n) is 3.82. The number of hydrogen-bond donors (Lipinski definition) is 1. The van der Waals surface area contributed by atoms with Gasteiger partial charge in [0.05, 0.1) is 22.1 Å². The first-order chi connectivity index (χ1) is 7.59. The molecule has 2 aromatic rings. The zero-order valence-electron chi connectivity index (χ0n) is 9.19. The van der Waals surface area contributed by atoms with Crippen molar-refractivity contribution in [2.75, 3.05) is 5.73 Å². The van der Waals surface area contributed by atoms with Gasteiger partial charge in [-0.3, -0.25) is 0 Å². The molecule has 16 heavy (non-hydrogen) atoms. The van der Waals surface area contributed by atoms with Crippen LogP contribution in [0.3, 0.4) is 0 Å². The summed E-state index contributed by atoms with van der Waals surface area (Å²) in [6.07, 6.45) is -0.133. The number of fused-ring (bicyclic) bond motifs is 1. The van der Waals surface area contributed by atoms with E-state index in [1.54, 1.807) is 6.07 Å². The molecule has 0 radical (unpaired) electrons. The fraction of sp³-hybridized carbons (Fsp3) is 0.250. The SMILES string of the molecule is CC(C)OC(=O)c1ccc2ccsc2c1N. The minimum absolute atomic E-state index is 0.133. The van der Waals surface area contributed by atoms with E-state index >= 15 is 0 Å². The van der Waals surface area contributed by atoms with Crippen LogP contribution in [-0.4, -0.2) is 12.1 Å². The number of nitrogens with two attached hydrogens (primary N) is 1. The summed E-state index contributed by atoms with van der Waals surface area (Å²) < 4.78 is 6.07. The number of nitrogen functional groups attached to an aromatic ring is 1. The Bertz CT molecular complexity index is 531. The Labute approximate surface area is 97.8 Å². The van der Waals surface area contributed by atoms with Gasteiger partial charge in [-0.25, -0.2) is 4.79 Å². The Balaban J connectivity index is 2.44. The van der Waals surface area contributed by atoms with Crippen molar-refractivity contribution in [3.05, 3.63) is 29.1 Å². The van der Waals surface area contributed by atoms with Gasteiger partial charge >= 0.3 is 5.97 Å². The van der Waals surface area contributed by atoms with Crippen LogP contribution in [0.25, 0.3) is 10.1 Å². The molecule has 0 aliphatic heterocycles. The first-order valence-corrected chi connectivity index (χ1v) is 5.94. The molecule has 84 valence electrons. The fourth-order valence-electron chi connectivity index (χ4n) is 1.51. The number of rotatable bonds is 2. The van der Waals surface area contributed by atoms with Crippen molar-refractivity contribution in [1.29, 1.82) is 0 Å². The average Bonchev–Trinajstić information content (AvgIpc) is 2.65. The third kappa shape index (κ3) is 1.88. The summed E-state index contributed by atoms with van der Waals surface area (Å²) in [5.74, 6) is -0.359. The lowest BCUT2D eigenvalue weighted by molar-refractivity contribution is 0.0379. The van der Waals surface area contributed by atoms with E-state index in [2.05, 4.69) is 0 Å². The van der Waals surface area contributed by atoms with Crippen molar-refractivity contribution in [2.45, 2.75) is 20.0 Å². The lowest BCUT2D eigenvalue weighted by atomic mass is 10.1. The van der Waals surface area contributed by atoms with Crippen LogP contribution >= 0.6 is 11.3 Å². The third-order valence-corrected chi connectivity index (χ3v) is 3.19. The monoisotopic (exact) mass is 235 g/mol. The molecule has 1 heterocycles. The highest BCUT2D eigenvalue weighted by atomic mass is 32.1. The first kappa shape index (κ1) is 11.0. The molecule has 0 unspecified atom stereocenters. The standard InChI is InChI=1S/C12H13NO2S/c1-7(2)15-12(14)9-4-3-8-5-6-16-11(8)10(9)13/h3-7H,13H2,1-2H3. The normalized spacial score (nSPS) is 10.9. The van der Waals surface area contributed by atoms with E-state index in [1.807, 2.05) is 31.4 Å². The molecule has 2 rings (SSSR count). The van der Waals surface area contributed by atoms with Gasteiger partial charge < -0.3 is 10.5 Å². The molecule has 1 aromatic heterocycles. The third-order valence-electron chi connectivity index (χ3n) is 2.22. The van der Waals surface area contributed by atoms with Crippen LogP contribution in [0.5, 0.6) is 0 Å². The smallest absolute Gasteiger partial charge is 0.340 e. The van der Waals surface area contributed by atoms with Crippen LogP contribution in [0, 0.1) is 0 Å². The molecular weight excluding hydrogens is 222 g/mol. The van der Waals surface area contributed by atoms with Gasteiger partial charge in [0.1, 0.15) is 0 Å². The summed E-state index contributed by atoms with van der Waals surface area (Å²) in [5, 5.41) is 3.02. The van der Waals surface area contributed by atoms with E-state index in [1.165, 1.54) is 11.3 Å². The number of esters is 1. The molecule has 0 saturated heterocycles. The van der Waals surface area contributed by atoms with Crippen LogP contribution in [0.1, 0.15) is 24.2 Å². The van der Waals surface area contributed by atoms with E-state index in [4.69, 9.17) is 10.5 Å². The Kier molecular flexibility index (Phi) is 2.83. The number of thiophene rings is 1. The summed E-state index contributed by atoms with van der Waals surface area (Å²) >= 11 is 1.53. The van der Waals surface area contributed by atoms with Gasteiger partial charge in [0.25, 0.3) is 0 Å². The molecule has 0 spiro atoms. The Hall–Kier alpha value is -1.55. The molecule has 0 saturated carbocycles. The van der Waals surface area contributed by atoms with Crippen LogP contribution in [0.15, 0.2) is 23.6 Å². The van der Waals surface area contributed by atoms with E-state index in [0.717, 1.165) is 10.1 Å². The van der Waals surface area contributed by atoms with Crippen LogP contribution in [0.4, 0.5) is 5.69 Å². The molecule has 4 heteroatoms. The number of ether oxygens (including phenoxy) is 1. The van der Waals surface area contributed by atoms with Crippen molar-refractivity contribution in [3.8, 4) is 0 Å². The van der Waals surface area contributed by atoms with Gasteiger partial charge in [-0.2, -0.15) is 0 Å².